The van der Waals surface area contributed by atoms with Crippen LogP contribution in [0.2, 0.25) is 0 Å². The Hall–Kier alpha value is -4.56. The quantitative estimate of drug-likeness (QED) is 0.210. The molecule has 1 N–H and O–H groups in total. The molecule has 1 saturated heterocycles. The van der Waals surface area contributed by atoms with Crippen molar-refractivity contribution in [3.05, 3.63) is 107 Å². The van der Waals surface area contributed by atoms with Gasteiger partial charge in [0, 0.05) is 41.5 Å². The number of fused-ring (bicyclic) bond motifs is 1. The van der Waals surface area contributed by atoms with Crippen LogP contribution in [-0.2, 0) is 16.2 Å². The second kappa shape index (κ2) is 12.7. The van der Waals surface area contributed by atoms with Crippen molar-refractivity contribution in [2.75, 3.05) is 29.9 Å². The van der Waals surface area contributed by atoms with Gasteiger partial charge in [-0.15, -0.1) is 0 Å². The zero-order chi connectivity index (χ0) is 28.8. The number of nitrogens with one attached hydrogen (secondary N) is 1. The first-order valence-electron chi connectivity index (χ1n) is 13.6. The Morgan fingerprint density at radius 3 is 2.44 bits per heavy atom. The predicted molar refractivity (Wildman–Crippen MR) is 166 cm³/mol. The summed E-state index contributed by atoms with van der Waals surface area (Å²) in [6, 6.07) is 29.0. The highest BCUT2D eigenvalue weighted by Crippen LogP contribution is 2.35. The topological polar surface area (TPSA) is 79.0 Å². The number of carbonyl (C=O) groups is 3. The fourth-order valence-corrected chi connectivity index (χ4v) is 5.56. The summed E-state index contributed by atoms with van der Waals surface area (Å²) in [4.78, 5) is 42.4. The van der Waals surface area contributed by atoms with Gasteiger partial charge >= 0.3 is 0 Å². The fourth-order valence-electron chi connectivity index (χ4n) is 4.73. The summed E-state index contributed by atoms with van der Waals surface area (Å²) in [5, 5.41) is 4.23. The number of ether oxygens (including phenoxy) is 1. The van der Waals surface area contributed by atoms with Gasteiger partial charge in [0.15, 0.2) is 0 Å². The Morgan fingerprint density at radius 1 is 0.927 bits per heavy atom. The summed E-state index contributed by atoms with van der Waals surface area (Å²) in [5.41, 5.74) is 3.34. The fraction of sp³-hybridized carbons (Fsp3) is 0.182. The van der Waals surface area contributed by atoms with Gasteiger partial charge in [-0.2, -0.15) is 0 Å². The van der Waals surface area contributed by atoms with Gasteiger partial charge in [0.1, 0.15) is 18.9 Å². The predicted octanol–water partition coefficient (Wildman–Crippen LogP) is 6.94. The van der Waals surface area contributed by atoms with E-state index in [2.05, 4.69) is 24.1 Å². The first-order valence-corrected chi connectivity index (χ1v) is 14.4. The summed E-state index contributed by atoms with van der Waals surface area (Å²) in [5.74, 6) is -0.339. The lowest BCUT2D eigenvalue weighted by Crippen LogP contribution is -2.36. The molecule has 8 heteroatoms. The van der Waals surface area contributed by atoms with Crippen LogP contribution in [0.15, 0.2) is 95.9 Å². The first kappa shape index (κ1) is 28.0. The lowest BCUT2D eigenvalue weighted by molar-refractivity contribution is -0.127. The number of carbonyl (C=O) groups excluding carboxylic acids is 3. The van der Waals surface area contributed by atoms with Crippen LogP contribution in [0, 0.1) is 0 Å². The Morgan fingerprint density at radius 2 is 1.66 bits per heavy atom. The first-order chi connectivity index (χ1) is 20.0. The molecule has 0 bridgehead atoms. The SMILES string of the molecule is CCN(CC)c1ccc(/C=C2/SC(=O)N(CC(=O)Nc3cccc4ccccc34)C2=O)c(OCc2ccccc2)c1. The average molecular weight is 566 g/mol. The Kier molecular flexibility index (Phi) is 8.70. The van der Waals surface area contributed by atoms with Gasteiger partial charge in [-0.1, -0.05) is 66.7 Å². The number of hydrogen-bond acceptors (Lipinski definition) is 6. The summed E-state index contributed by atoms with van der Waals surface area (Å²) in [6.07, 6.45) is 1.67. The molecule has 0 unspecified atom stereocenters. The number of nitrogens with zero attached hydrogens (tertiary/aromatic N) is 2. The molecule has 0 spiro atoms. The van der Waals surface area contributed by atoms with Gasteiger partial charge in [-0.05, 0) is 60.8 Å². The van der Waals surface area contributed by atoms with E-state index in [1.165, 1.54) is 0 Å². The largest absolute Gasteiger partial charge is 0.488 e. The molecule has 0 saturated carbocycles. The van der Waals surface area contributed by atoms with E-state index in [9.17, 15) is 14.4 Å². The molecule has 41 heavy (non-hydrogen) atoms. The molecule has 4 aromatic carbocycles. The minimum absolute atomic E-state index is 0.244. The highest BCUT2D eigenvalue weighted by atomic mass is 32.2. The molecule has 1 aliphatic heterocycles. The molecule has 4 aromatic rings. The summed E-state index contributed by atoms with van der Waals surface area (Å²) in [7, 11) is 0. The lowest BCUT2D eigenvalue weighted by atomic mass is 10.1. The maximum atomic E-state index is 13.3. The van der Waals surface area contributed by atoms with Crippen LogP contribution in [0.25, 0.3) is 16.8 Å². The molecule has 0 radical (unpaired) electrons. The smallest absolute Gasteiger partial charge is 0.294 e. The van der Waals surface area contributed by atoms with E-state index in [1.807, 2.05) is 84.9 Å². The van der Waals surface area contributed by atoms with Crippen LogP contribution in [0.4, 0.5) is 16.2 Å². The number of amides is 3. The highest BCUT2D eigenvalue weighted by Gasteiger charge is 2.36. The third-order valence-electron chi connectivity index (χ3n) is 6.89. The number of thioether (sulfide) groups is 1. The van der Waals surface area contributed by atoms with Crippen molar-refractivity contribution < 1.29 is 19.1 Å². The molecule has 1 heterocycles. The molecule has 1 fully saturated rings. The third-order valence-corrected chi connectivity index (χ3v) is 7.80. The third kappa shape index (κ3) is 6.44. The summed E-state index contributed by atoms with van der Waals surface area (Å²) in [6.45, 7) is 5.85. The van der Waals surface area contributed by atoms with Crippen molar-refractivity contribution >= 4 is 57.0 Å². The van der Waals surface area contributed by atoms with E-state index in [-0.39, 0.29) is 11.4 Å². The van der Waals surface area contributed by atoms with Crippen LogP contribution < -0.4 is 15.0 Å². The van der Waals surface area contributed by atoms with Crippen LogP contribution >= 0.6 is 11.8 Å². The molecule has 0 atom stereocenters. The van der Waals surface area contributed by atoms with Gasteiger partial charge in [-0.25, -0.2) is 0 Å². The Balaban J connectivity index is 1.35. The molecule has 0 aliphatic carbocycles. The number of hydrogen-bond donors (Lipinski definition) is 1. The zero-order valence-electron chi connectivity index (χ0n) is 23.0. The maximum Gasteiger partial charge on any atom is 0.294 e. The van der Waals surface area contributed by atoms with E-state index < -0.39 is 17.1 Å². The van der Waals surface area contributed by atoms with Gasteiger partial charge in [0.25, 0.3) is 11.1 Å². The normalized spacial score (nSPS) is 14.1. The molecule has 0 aromatic heterocycles. The van der Waals surface area contributed by atoms with Crippen LogP contribution in [0.3, 0.4) is 0 Å². The van der Waals surface area contributed by atoms with E-state index in [1.54, 1.807) is 12.1 Å². The maximum absolute atomic E-state index is 13.3. The highest BCUT2D eigenvalue weighted by molar-refractivity contribution is 8.18. The lowest BCUT2D eigenvalue weighted by Gasteiger charge is -2.22. The average Bonchev–Trinajstić information content (AvgIpc) is 3.25. The Bertz CT molecular complexity index is 1610. The van der Waals surface area contributed by atoms with Crippen molar-refractivity contribution in [3.8, 4) is 5.75 Å². The number of rotatable bonds is 10. The van der Waals surface area contributed by atoms with Gasteiger partial charge < -0.3 is 15.0 Å². The van der Waals surface area contributed by atoms with Crippen LogP contribution in [-0.4, -0.2) is 41.6 Å². The minimum Gasteiger partial charge on any atom is -0.488 e. The van der Waals surface area contributed by atoms with Gasteiger partial charge in [0.2, 0.25) is 5.91 Å². The molecule has 5 rings (SSSR count). The van der Waals surface area contributed by atoms with Crippen LogP contribution in [0.1, 0.15) is 25.0 Å². The van der Waals surface area contributed by atoms with Crippen molar-refractivity contribution in [1.29, 1.82) is 0 Å². The standard InChI is InChI=1S/C33H31N3O4S/c1-3-35(4-2)26-18-17-25(29(20-26)40-22-23-11-6-5-7-12-23)19-30-32(38)36(33(39)41-30)21-31(37)34-28-16-10-14-24-13-8-9-15-27(24)28/h5-20H,3-4,21-22H2,1-2H3,(H,34,37)/b30-19+. The molecule has 1 aliphatic rings. The van der Waals surface area contributed by atoms with Crippen LogP contribution in [0.5, 0.6) is 5.75 Å². The Labute approximate surface area is 243 Å². The minimum atomic E-state index is -0.505. The van der Waals surface area contributed by atoms with E-state index in [0.29, 0.717) is 23.6 Å². The van der Waals surface area contributed by atoms with Crippen molar-refractivity contribution in [2.24, 2.45) is 0 Å². The van der Waals surface area contributed by atoms with Crippen molar-refractivity contribution in [3.63, 3.8) is 0 Å². The zero-order valence-corrected chi connectivity index (χ0v) is 23.8. The second-order valence-corrected chi connectivity index (χ2v) is 10.5. The number of anilines is 2. The van der Waals surface area contributed by atoms with Gasteiger partial charge in [-0.3, -0.25) is 19.3 Å². The van der Waals surface area contributed by atoms with Crippen molar-refractivity contribution in [2.45, 2.75) is 20.5 Å². The number of imide groups is 1. The monoisotopic (exact) mass is 565 g/mol. The summed E-state index contributed by atoms with van der Waals surface area (Å²) >= 11 is 0.823. The van der Waals surface area contributed by atoms with E-state index >= 15 is 0 Å². The van der Waals surface area contributed by atoms with Crippen molar-refractivity contribution in [1.82, 2.24) is 4.90 Å². The van der Waals surface area contributed by atoms with E-state index in [0.717, 1.165) is 51.8 Å². The van der Waals surface area contributed by atoms with Gasteiger partial charge in [0.05, 0.1) is 4.91 Å². The second-order valence-electron chi connectivity index (χ2n) is 9.51. The molecule has 3 amide bonds. The summed E-state index contributed by atoms with van der Waals surface area (Å²) < 4.78 is 6.21. The molecule has 208 valence electrons. The van der Waals surface area contributed by atoms with E-state index in [4.69, 9.17) is 4.74 Å². The molecular weight excluding hydrogens is 534 g/mol. The molecule has 7 nitrogen and oxygen atoms in total. The molecular formula is C33H31N3O4S. The number of benzene rings is 4.